The van der Waals surface area contributed by atoms with Crippen molar-refractivity contribution in [2.75, 3.05) is 13.1 Å². The monoisotopic (exact) mass is 257 g/mol. The molecular formula is C15H19N3O. The van der Waals surface area contributed by atoms with Crippen molar-refractivity contribution >= 4 is 10.9 Å². The number of nitrogens with zero attached hydrogens (tertiary/aromatic N) is 2. The van der Waals surface area contributed by atoms with Crippen molar-refractivity contribution in [2.24, 2.45) is 5.92 Å². The van der Waals surface area contributed by atoms with E-state index in [-0.39, 0.29) is 5.56 Å². The fourth-order valence-corrected chi connectivity index (χ4v) is 2.83. The summed E-state index contributed by atoms with van der Waals surface area (Å²) in [6, 6.07) is 7.58. The van der Waals surface area contributed by atoms with E-state index in [0.717, 1.165) is 36.4 Å². The molecule has 1 aromatic heterocycles. The zero-order chi connectivity index (χ0) is 13.2. The quantitative estimate of drug-likeness (QED) is 0.891. The predicted molar refractivity (Wildman–Crippen MR) is 76.3 cm³/mol. The van der Waals surface area contributed by atoms with Crippen LogP contribution < -0.4 is 10.9 Å². The first-order valence-corrected chi connectivity index (χ1v) is 6.92. The summed E-state index contributed by atoms with van der Waals surface area (Å²) in [5.74, 6) is 1.35. The Kier molecular flexibility index (Phi) is 3.34. The van der Waals surface area contributed by atoms with Crippen molar-refractivity contribution in [1.29, 1.82) is 0 Å². The molecule has 100 valence electrons. The highest BCUT2D eigenvalue weighted by Crippen LogP contribution is 2.14. The van der Waals surface area contributed by atoms with Crippen LogP contribution in [0.2, 0.25) is 0 Å². The van der Waals surface area contributed by atoms with E-state index in [9.17, 15) is 4.79 Å². The van der Waals surface area contributed by atoms with Gasteiger partial charge in [0.05, 0.1) is 10.9 Å². The van der Waals surface area contributed by atoms with Crippen molar-refractivity contribution in [3.8, 4) is 0 Å². The summed E-state index contributed by atoms with van der Waals surface area (Å²) in [5, 5.41) is 4.11. The number of aromatic nitrogens is 2. The van der Waals surface area contributed by atoms with Gasteiger partial charge >= 0.3 is 0 Å². The first-order chi connectivity index (χ1) is 9.25. The SMILES string of the molecule is Cc1nc2ccccc2c(=O)n1CC1CCCNC1. The smallest absolute Gasteiger partial charge is 0.261 e. The summed E-state index contributed by atoms with van der Waals surface area (Å²) in [7, 11) is 0. The lowest BCUT2D eigenvalue weighted by molar-refractivity contribution is 0.330. The molecule has 0 amide bonds. The Morgan fingerprint density at radius 1 is 1.42 bits per heavy atom. The van der Waals surface area contributed by atoms with E-state index < -0.39 is 0 Å². The van der Waals surface area contributed by atoms with E-state index in [1.165, 1.54) is 12.8 Å². The Morgan fingerprint density at radius 2 is 2.26 bits per heavy atom. The summed E-state index contributed by atoms with van der Waals surface area (Å²) in [6.45, 7) is 4.79. The standard InChI is InChI=1S/C15H19N3O/c1-11-17-14-7-3-2-6-13(14)15(19)18(11)10-12-5-4-8-16-9-12/h2-3,6-7,12,16H,4-5,8-10H2,1H3. The Labute approximate surface area is 112 Å². The number of aryl methyl sites for hydroxylation is 1. The summed E-state index contributed by atoms with van der Waals surface area (Å²) >= 11 is 0. The van der Waals surface area contributed by atoms with Crippen LogP contribution in [0, 0.1) is 12.8 Å². The molecule has 2 aromatic rings. The number of fused-ring (bicyclic) bond motifs is 1. The van der Waals surface area contributed by atoms with E-state index in [1.54, 1.807) is 0 Å². The van der Waals surface area contributed by atoms with Gasteiger partial charge in [0, 0.05) is 6.54 Å². The molecule has 2 heterocycles. The summed E-state index contributed by atoms with van der Waals surface area (Å²) in [6.07, 6.45) is 2.38. The second kappa shape index (κ2) is 5.13. The molecule has 1 saturated heterocycles. The van der Waals surface area contributed by atoms with Gasteiger partial charge in [0.15, 0.2) is 0 Å². The molecule has 0 radical (unpaired) electrons. The normalized spacial score (nSPS) is 19.7. The van der Waals surface area contributed by atoms with Crippen LogP contribution in [0.15, 0.2) is 29.1 Å². The summed E-state index contributed by atoms with van der Waals surface area (Å²) in [5.41, 5.74) is 0.886. The molecule has 0 saturated carbocycles. The van der Waals surface area contributed by atoms with E-state index in [2.05, 4.69) is 10.3 Å². The maximum absolute atomic E-state index is 12.5. The molecule has 3 rings (SSSR count). The Bertz CT molecular complexity index is 641. The molecule has 1 aliphatic heterocycles. The highest BCUT2D eigenvalue weighted by Gasteiger charge is 2.16. The number of para-hydroxylation sites is 1. The van der Waals surface area contributed by atoms with Crippen LogP contribution >= 0.6 is 0 Å². The first-order valence-electron chi connectivity index (χ1n) is 6.92. The second-order valence-corrected chi connectivity index (χ2v) is 5.30. The number of hydrogen-bond donors (Lipinski definition) is 1. The molecule has 0 aliphatic carbocycles. The van der Waals surface area contributed by atoms with Crippen LogP contribution in [-0.4, -0.2) is 22.6 Å². The largest absolute Gasteiger partial charge is 0.316 e. The van der Waals surface area contributed by atoms with Crippen molar-refractivity contribution in [2.45, 2.75) is 26.3 Å². The molecule has 0 bridgehead atoms. The zero-order valence-electron chi connectivity index (χ0n) is 11.2. The van der Waals surface area contributed by atoms with Gasteiger partial charge < -0.3 is 5.32 Å². The van der Waals surface area contributed by atoms with Crippen LogP contribution in [0.5, 0.6) is 0 Å². The molecule has 1 fully saturated rings. The third-order valence-electron chi connectivity index (χ3n) is 3.89. The molecule has 1 aromatic carbocycles. The summed E-state index contributed by atoms with van der Waals surface area (Å²) in [4.78, 5) is 17.1. The van der Waals surface area contributed by atoms with Gasteiger partial charge in [-0.25, -0.2) is 4.98 Å². The number of nitrogens with one attached hydrogen (secondary N) is 1. The minimum atomic E-state index is 0.0914. The molecule has 1 N–H and O–H groups in total. The zero-order valence-corrected chi connectivity index (χ0v) is 11.2. The van der Waals surface area contributed by atoms with E-state index in [1.807, 2.05) is 35.8 Å². The number of hydrogen-bond acceptors (Lipinski definition) is 3. The molecule has 1 atom stereocenters. The average Bonchev–Trinajstić information content (AvgIpc) is 2.45. The number of piperidine rings is 1. The molecular weight excluding hydrogens is 238 g/mol. The Morgan fingerprint density at radius 3 is 3.05 bits per heavy atom. The highest BCUT2D eigenvalue weighted by atomic mass is 16.1. The molecule has 1 unspecified atom stereocenters. The van der Waals surface area contributed by atoms with Crippen LogP contribution in [0.1, 0.15) is 18.7 Å². The van der Waals surface area contributed by atoms with Crippen LogP contribution in [0.3, 0.4) is 0 Å². The van der Waals surface area contributed by atoms with E-state index >= 15 is 0 Å². The molecule has 1 aliphatic rings. The molecule has 0 spiro atoms. The van der Waals surface area contributed by atoms with Gasteiger partial charge in [0.25, 0.3) is 5.56 Å². The van der Waals surface area contributed by atoms with Crippen LogP contribution in [-0.2, 0) is 6.54 Å². The fourth-order valence-electron chi connectivity index (χ4n) is 2.83. The predicted octanol–water partition coefficient (Wildman–Crippen LogP) is 1.70. The van der Waals surface area contributed by atoms with Gasteiger partial charge in [-0.05, 0) is 50.9 Å². The molecule has 4 heteroatoms. The van der Waals surface area contributed by atoms with Crippen molar-refractivity contribution in [3.63, 3.8) is 0 Å². The lowest BCUT2D eigenvalue weighted by Crippen LogP contribution is -2.35. The third-order valence-corrected chi connectivity index (χ3v) is 3.89. The van der Waals surface area contributed by atoms with Crippen LogP contribution in [0.4, 0.5) is 0 Å². The van der Waals surface area contributed by atoms with Gasteiger partial charge in [0.1, 0.15) is 5.82 Å². The average molecular weight is 257 g/mol. The van der Waals surface area contributed by atoms with Gasteiger partial charge in [-0.2, -0.15) is 0 Å². The second-order valence-electron chi connectivity index (χ2n) is 5.30. The van der Waals surface area contributed by atoms with E-state index in [0.29, 0.717) is 5.92 Å². The van der Waals surface area contributed by atoms with Gasteiger partial charge in [-0.3, -0.25) is 9.36 Å². The lowest BCUT2D eigenvalue weighted by Gasteiger charge is -2.24. The minimum Gasteiger partial charge on any atom is -0.316 e. The van der Waals surface area contributed by atoms with Gasteiger partial charge in [-0.15, -0.1) is 0 Å². The van der Waals surface area contributed by atoms with Gasteiger partial charge in [-0.1, -0.05) is 12.1 Å². The molecule has 19 heavy (non-hydrogen) atoms. The van der Waals surface area contributed by atoms with E-state index in [4.69, 9.17) is 0 Å². The highest BCUT2D eigenvalue weighted by molar-refractivity contribution is 5.77. The van der Waals surface area contributed by atoms with Gasteiger partial charge in [0.2, 0.25) is 0 Å². The summed E-state index contributed by atoms with van der Waals surface area (Å²) < 4.78 is 1.83. The maximum atomic E-state index is 12.5. The number of benzene rings is 1. The molecule has 4 nitrogen and oxygen atoms in total. The van der Waals surface area contributed by atoms with Crippen molar-refractivity contribution < 1.29 is 0 Å². The van der Waals surface area contributed by atoms with Crippen LogP contribution in [0.25, 0.3) is 10.9 Å². The Hall–Kier alpha value is -1.68. The third kappa shape index (κ3) is 2.40. The lowest BCUT2D eigenvalue weighted by atomic mass is 9.99. The first kappa shape index (κ1) is 12.4. The minimum absolute atomic E-state index is 0.0914. The maximum Gasteiger partial charge on any atom is 0.261 e. The Balaban J connectivity index is 2.00. The topological polar surface area (TPSA) is 46.9 Å². The van der Waals surface area contributed by atoms with Crippen molar-refractivity contribution in [3.05, 3.63) is 40.4 Å². The van der Waals surface area contributed by atoms with Crippen molar-refractivity contribution in [1.82, 2.24) is 14.9 Å². The fraction of sp³-hybridized carbons (Fsp3) is 0.467. The number of rotatable bonds is 2.